The summed E-state index contributed by atoms with van der Waals surface area (Å²) in [6.07, 6.45) is 0.616. The molecule has 2 aromatic rings. The first-order valence-electron chi connectivity index (χ1n) is 11.6. The first-order chi connectivity index (χ1) is 16.9. The molecule has 3 atom stereocenters. The number of benzene rings is 2. The Hall–Kier alpha value is -3.46. The molecular formula is C26H31NO8. The molecule has 2 fully saturated rings. The molecule has 2 aromatic carbocycles. The van der Waals surface area contributed by atoms with Crippen LogP contribution in [-0.4, -0.2) is 69.2 Å². The molecule has 188 valence electrons. The number of rotatable bonds is 8. The molecule has 2 heterocycles. The van der Waals surface area contributed by atoms with Crippen LogP contribution in [0.25, 0.3) is 0 Å². The van der Waals surface area contributed by atoms with Crippen molar-refractivity contribution in [2.45, 2.75) is 25.4 Å². The van der Waals surface area contributed by atoms with Crippen LogP contribution in [0.2, 0.25) is 0 Å². The molecule has 0 aliphatic carbocycles. The third-order valence-corrected chi connectivity index (χ3v) is 6.56. The predicted octanol–water partition coefficient (Wildman–Crippen LogP) is 2.85. The average Bonchev–Trinajstić information content (AvgIpc) is 3.45. The van der Waals surface area contributed by atoms with E-state index in [4.69, 9.17) is 23.7 Å². The number of carbonyl (C=O) groups excluding carboxylic acids is 2. The van der Waals surface area contributed by atoms with Crippen molar-refractivity contribution < 1.29 is 38.4 Å². The van der Waals surface area contributed by atoms with Gasteiger partial charge in [0.1, 0.15) is 0 Å². The van der Waals surface area contributed by atoms with E-state index in [9.17, 15) is 14.7 Å². The number of aliphatic hydroxyl groups is 1. The Morgan fingerprint density at radius 3 is 2.23 bits per heavy atom. The minimum absolute atomic E-state index is 0.00527. The van der Waals surface area contributed by atoms with Crippen LogP contribution in [0, 0.1) is 11.8 Å². The van der Waals surface area contributed by atoms with Crippen molar-refractivity contribution in [2.75, 3.05) is 41.0 Å². The minimum Gasteiger partial charge on any atom is -0.493 e. The van der Waals surface area contributed by atoms with Crippen LogP contribution in [0.4, 0.5) is 4.79 Å². The molecular weight excluding hydrogens is 454 g/mol. The number of carbonyl (C=O) groups is 2. The van der Waals surface area contributed by atoms with E-state index < -0.39 is 12.2 Å². The number of β-amino-alcohol motifs (C(OH)–C–C–N with tert-alkyl or cyclic N) is 1. The Labute approximate surface area is 204 Å². The van der Waals surface area contributed by atoms with E-state index in [-0.39, 0.29) is 24.3 Å². The van der Waals surface area contributed by atoms with Gasteiger partial charge in [-0.2, -0.15) is 0 Å². The topological polar surface area (TPSA) is 104 Å². The van der Waals surface area contributed by atoms with Crippen LogP contribution in [0.5, 0.6) is 23.0 Å². The minimum atomic E-state index is -0.526. The molecule has 9 heteroatoms. The Bertz CT molecular complexity index is 1070. The van der Waals surface area contributed by atoms with Gasteiger partial charge in [-0.05, 0) is 54.7 Å². The zero-order valence-corrected chi connectivity index (χ0v) is 20.2. The Balaban J connectivity index is 1.45. The molecule has 2 aliphatic heterocycles. The number of methoxy groups -OCH3 is 3. The molecule has 0 spiro atoms. The van der Waals surface area contributed by atoms with E-state index >= 15 is 0 Å². The van der Waals surface area contributed by atoms with Crippen molar-refractivity contribution in [3.8, 4) is 23.0 Å². The second kappa shape index (κ2) is 10.9. The van der Waals surface area contributed by atoms with Gasteiger partial charge in [-0.15, -0.1) is 0 Å². The van der Waals surface area contributed by atoms with Gasteiger partial charge in [0.05, 0.1) is 40.0 Å². The number of cyclic esters (lactones) is 1. The third-order valence-electron chi connectivity index (χ3n) is 6.56. The lowest BCUT2D eigenvalue weighted by Crippen LogP contribution is -2.32. The molecule has 0 radical (unpaired) electrons. The molecule has 1 N–H and O–H groups in total. The van der Waals surface area contributed by atoms with Gasteiger partial charge in [-0.1, -0.05) is 12.1 Å². The highest BCUT2D eigenvalue weighted by molar-refractivity contribution is 5.75. The molecule has 35 heavy (non-hydrogen) atoms. The Morgan fingerprint density at radius 1 is 0.971 bits per heavy atom. The summed E-state index contributed by atoms with van der Waals surface area (Å²) < 4.78 is 27.0. The van der Waals surface area contributed by atoms with Gasteiger partial charge >= 0.3 is 12.1 Å². The fraction of sp³-hybridized carbons (Fsp3) is 0.462. The summed E-state index contributed by atoms with van der Waals surface area (Å²) in [6.45, 7) is 1.06. The first kappa shape index (κ1) is 24.7. The highest BCUT2D eigenvalue weighted by atomic mass is 16.6. The van der Waals surface area contributed by atoms with Crippen molar-refractivity contribution in [1.82, 2.24) is 4.90 Å². The van der Waals surface area contributed by atoms with Crippen LogP contribution in [0.3, 0.4) is 0 Å². The smallest absolute Gasteiger partial charge is 0.415 e. The van der Waals surface area contributed by atoms with Gasteiger partial charge in [-0.25, -0.2) is 4.79 Å². The van der Waals surface area contributed by atoms with Gasteiger partial charge in [-0.3, -0.25) is 4.79 Å². The van der Waals surface area contributed by atoms with Crippen LogP contribution in [-0.2, 0) is 22.4 Å². The predicted molar refractivity (Wildman–Crippen MR) is 126 cm³/mol. The first-order valence-corrected chi connectivity index (χ1v) is 11.6. The van der Waals surface area contributed by atoms with Gasteiger partial charge < -0.3 is 33.7 Å². The van der Waals surface area contributed by atoms with E-state index in [1.807, 2.05) is 24.3 Å². The quantitative estimate of drug-likeness (QED) is 0.570. The van der Waals surface area contributed by atoms with Crippen molar-refractivity contribution >= 4 is 12.1 Å². The van der Waals surface area contributed by atoms with Crippen LogP contribution in [0.15, 0.2) is 36.4 Å². The number of hydrogen-bond donors (Lipinski definition) is 1. The fourth-order valence-electron chi connectivity index (χ4n) is 4.61. The van der Waals surface area contributed by atoms with Crippen molar-refractivity contribution in [2.24, 2.45) is 11.8 Å². The lowest BCUT2D eigenvalue weighted by atomic mass is 9.85. The molecule has 4 rings (SSSR count). The fourth-order valence-corrected chi connectivity index (χ4v) is 4.61. The van der Waals surface area contributed by atoms with E-state index in [1.165, 1.54) is 12.0 Å². The molecule has 2 aliphatic rings. The van der Waals surface area contributed by atoms with E-state index in [2.05, 4.69) is 0 Å². The molecule has 2 saturated heterocycles. The van der Waals surface area contributed by atoms with Crippen LogP contribution >= 0.6 is 0 Å². The lowest BCUT2D eigenvalue weighted by Gasteiger charge is -2.18. The number of ether oxygens (including phenoxy) is 5. The highest BCUT2D eigenvalue weighted by Gasteiger charge is 2.37. The SMILES string of the molecule is COc1ccc(C[C@H]2COC(=O)[C@@H]2Cc2ccc(OC(=O)N3CCC(O)C3)c(OC)c2)cc1OC. The maximum atomic E-state index is 12.5. The zero-order chi connectivity index (χ0) is 24.9. The average molecular weight is 486 g/mol. The molecule has 0 aromatic heterocycles. The van der Waals surface area contributed by atoms with Crippen molar-refractivity contribution in [3.05, 3.63) is 47.5 Å². The van der Waals surface area contributed by atoms with Crippen molar-refractivity contribution in [1.29, 1.82) is 0 Å². The van der Waals surface area contributed by atoms with Gasteiger partial charge in [0.2, 0.25) is 0 Å². The summed E-state index contributed by atoms with van der Waals surface area (Å²) >= 11 is 0. The standard InChI is InChI=1S/C26H31NO8/c1-31-21-6-4-16(12-23(21)32-2)10-18-15-34-25(29)20(18)11-17-5-7-22(24(13-17)33-3)35-26(30)27-9-8-19(28)14-27/h4-7,12-13,18-20,28H,8-11,14-15H2,1-3H3/t18-,19?,20+/m0/s1. The number of likely N-dealkylation sites (tertiary alicyclic amines) is 1. The molecule has 9 nitrogen and oxygen atoms in total. The van der Waals surface area contributed by atoms with E-state index in [0.717, 1.165) is 11.1 Å². The number of hydrogen-bond acceptors (Lipinski definition) is 8. The second-order valence-electron chi connectivity index (χ2n) is 8.84. The van der Waals surface area contributed by atoms with Crippen molar-refractivity contribution in [3.63, 3.8) is 0 Å². The molecule has 0 saturated carbocycles. The van der Waals surface area contributed by atoms with Crippen LogP contribution < -0.4 is 18.9 Å². The third kappa shape index (κ3) is 5.62. The second-order valence-corrected chi connectivity index (χ2v) is 8.84. The lowest BCUT2D eigenvalue weighted by molar-refractivity contribution is -0.141. The summed E-state index contributed by atoms with van der Waals surface area (Å²) in [5.74, 6) is 1.46. The Morgan fingerprint density at radius 2 is 1.60 bits per heavy atom. The maximum Gasteiger partial charge on any atom is 0.415 e. The highest BCUT2D eigenvalue weighted by Crippen LogP contribution is 2.35. The molecule has 1 amide bonds. The summed E-state index contributed by atoms with van der Waals surface area (Å²) in [7, 11) is 4.68. The Kier molecular flexibility index (Phi) is 7.65. The molecule has 0 bridgehead atoms. The monoisotopic (exact) mass is 485 g/mol. The largest absolute Gasteiger partial charge is 0.493 e. The summed E-state index contributed by atoms with van der Waals surface area (Å²) in [4.78, 5) is 26.4. The summed E-state index contributed by atoms with van der Waals surface area (Å²) in [6, 6.07) is 11.0. The van der Waals surface area contributed by atoms with Crippen LogP contribution in [0.1, 0.15) is 17.5 Å². The maximum absolute atomic E-state index is 12.5. The number of amides is 1. The summed E-state index contributed by atoms with van der Waals surface area (Å²) in [5, 5.41) is 9.65. The van der Waals surface area contributed by atoms with E-state index in [0.29, 0.717) is 55.4 Å². The normalized spacial score (nSPS) is 21.5. The zero-order valence-electron chi connectivity index (χ0n) is 20.2. The number of aliphatic hydroxyl groups excluding tert-OH is 1. The van der Waals surface area contributed by atoms with Gasteiger partial charge in [0.15, 0.2) is 23.0 Å². The van der Waals surface area contributed by atoms with Gasteiger partial charge in [0.25, 0.3) is 0 Å². The number of nitrogens with zero attached hydrogens (tertiary/aromatic N) is 1. The van der Waals surface area contributed by atoms with E-state index in [1.54, 1.807) is 26.4 Å². The summed E-state index contributed by atoms with van der Waals surface area (Å²) in [5.41, 5.74) is 1.90. The van der Waals surface area contributed by atoms with Gasteiger partial charge in [0, 0.05) is 19.0 Å². The number of esters is 1. The molecule has 1 unspecified atom stereocenters.